The minimum Gasteiger partial charge on any atom is -0.465 e. The van der Waals surface area contributed by atoms with Gasteiger partial charge in [-0.15, -0.1) is 10.2 Å². The predicted octanol–water partition coefficient (Wildman–Crippen LogP) is 1.62. The average Bonchev–Trinajstić information content (AvgIpc) is 3.04. The van der Waals surface area contributed by atoms with Crippen molar-refractivity contribution in [2.24, 2.45) is 0 Å². The first kappa shape index (κ1) is 20.5. The van der Waals surface area contributed by atoms with Crippen LogP contribution in [0.5, 0.6) is 0 Å². The summed E-state index contributed by atoms with van der Waals surface area (Å²) < 4.78 is 38.2. The summed E-state index contributed by atoms with van der Waals surface area (Å²) in [6.45, 7) is 1.85. The van der Waals surface area contributed by atoms with Crippen molar-refractivity contribution in [2.75, 3.05) is 30.5 Å². The molecule has 2 aromatic rings. The molecule has 0 bridgehead atoms. The standard InChI is InChI=1S/C14H17ClN4O5S2/c1-2-24-12(20)9-16-7-8-19(26(21,22)23)14-18-17-13(25-14)10-3-5-11(15)6-4-10/h3-6,16H,2,7-9H2,1H3,(H,21,22,23). The zero-order valence-electron chi connectivity index (χ0n) is 13.8. The number of benzene rings is 1. The maximum absolute atomic E-state index is 11.6. The predicted molar refractivity (Wildman–Crippen MR) is 98.8 cm³/mol. The number of hydrogen-bond donors (Lipinski definition) is 2. The number of hydrogen-bond acceptors (Lipinski definition) is 8. The van der Waals surface area contributed by atoms with Gasteiger partial charge in [-0.1, -0.05) is 35.1 Å². The minimum absolute atomic E-state index is 0.00962. The van der Waals surface area contributed by atoms with Crippen molar-refractivity contribution in [3.05, 3.63) is 29.3 Å². The summed E-state index contributed by atoms with van der Waals surface area (Å²) in [6, 6.07) is 6.81. The first-order valence-corrected chi connectivity index (χ1v) is 10.1. The number of rotatable bonds is 9. The van der Waals surface area contributed by atoms with Gasteiger partial charge in [0.25, 0.3) is 0 Å². The lowest BCUT2D eigenvalue weighted by atomic mass is 10.2. The van der Waals surface area contributed by atoms with Crippen LogP contribution in [-0.2, 0) is 19.8 Å². The van der Waals surface area contributed by atoms with Crippen LogP contribution in [0.3, 0.4) is 0 Å². The topological polar surface area (TPSA) is 122 Å². The normalized spacial score (nSPS) is 11.3. The molecule has 0 aliphatic rings. The molecule has 26 heavy (non-hydrogen) atoms. The highest BCUT2D eigenvalue weighted by atomic mass is 35.5. The molecule has 142 valence electrons. The Morgan fingerprint density at radius 3 is 2.65 bits per heavy atom. The average molecular weight is 421 g/mol. The molecule has 1 aromatic carbocycles. The molecule has 0 unspecified atom stereocenters. The first-order valence-electron chi connectivity index (χ1n) is 7.52. The molecule has 0 aliphatic carbocycles. The van der Waals surface area contributed by atoms with Crippen molar-refractivity contribution in [2.45, 2.75) is 6.92 Å². The largest absolute Gasteiger partial charge is 0.465 e. The van der Waals surface area contributed by atoms with E-state index in [2.05, 4.69) is 15.5 Å². The first-order chi connectivity index (χ1) is 12.3. The fraction of sp³-hybridized carbons (Fsp3) is 0.357. The molecule has 0 saturated heterocycles. The molecule has 2 N–H and O–H groups in total. The molecule has 0 fully saturated rings. The molecule has 12 heteroatoms. The van der Waals surface area contributed by atoms with Crippen LogP contribution in [0, 0.1) is 0 Å². The fourth-order valence-electron chi connectivity index (χ4n) is 1.92. The Balaban J connectivity index is 2.06. The molecule has 0 atom stereocenters. The Morgan fingerprint density at radius 1 is 1.35 bits per heavy atom. The van der Waals surface area contributed by atoms with Crippen molar-refractivity contribution in [3.63, 3.8) is 0 Å². The highest BCUT2D eigenvalue weighted by molar-refractivity contribution is 7.87. The summed E-state index contributed by atoms with van der Waals surface area (Å²) in [5, 5.41) is 11.6. The molecule has 1 aromatic heterocycles. The quantitative estimate of drug-likeness (QED) is 0.356. The summed E-state index contributed by atoms with van der Waals surface area (Å²) in [7, 11) is -4.54. The number of ether oxygens (including phenoxy) is 1. The van der Waals surface area contributed by atoms with E-state index < -0.39 is 16.3 Å². The van der Waals surface area contributed by atoms with E-state index in [1.54, 1.807) is 31.2 Å². The number of carbonyl (C=O) groups excluding carboxylic acids is 1. The molecule has 9 nitrogen and oxygen atoms in total. The van der Waals surface area contributed by atoms with Gasteiger partial charge < -0.3 is 10.1 Å². The van der Waals surface area contributed by atoms with Gasteiger partial charge in [-0.3, -0.25) is 9.35 Å². The zero-order valence-corrected chi connectivity index (χ0v) is 16.1. The Morgan fingerprint density at radius 2 is 2.04 bits per heavy atom. The van der Waals surface area contributed by atoms with Crippen molar-refractivity contribution in [1.82, 2.24) is 15.5 Å². The molecular formula is C14H17ClN4O5S2. The lowest BCUT2D eigenvalue weighted by molar-refractivity contribution is -0.141. The third kappa shape index (κ3) is 5.88. The number of aromatic nitrogens is 2. The van der Waals surface area contributed by atoms with Gasteiger partial charge in [-0.25, -0.2) is 4.31 Å². The maximum Gasteiger partial charge on any atom is 0.361 e. The fourth-order valence-corrected chi connectivity index (χ4v) is 3.78. The number of halogens is 1. The maximum atomic E-state index is 11.6. The summed E-state index contributed by atoms with van der Waals surface area (Å²) in [5.74, 6) is -0.452. The monoisotopic (exact) mass is 420 g/mol. The second kappa shape index (κ2) is 9.24. The number of carbonyl (C=O) groups is 1. The van der Waals surface area contributed by atoms with Crippen LogP contribution < -0.4 is 9.62 Å². The van der Waals surface area contributed by atoms with E-state index in [4.69, 9.17) is 16.3 Å². The Labute approximate surface area is 159 Å². The summed E-state index contributed by atoms with van der Waals surface area (Å²) in [4.78, 5) is 11.2. The van der Waals surface area contributed by atoms with Crippen LogP contribution in [0.2, 0.25) is 5.02 Å². The highest BCUT2D eigenvalue weighted by Crippen LogP contribution is 2.30. The van der Waals surface area contributed by atoms with Crippen molar-refractivity contribution in [3.8, 4) is 10.6 Å². The number of nitrogens with zero attached hydrogens (tertiary/aromatic N) is 3. The molecule has 0 radical (unpaired) electrons. The van der Waals surface area contributed by atoms with Gasteiger partial charge in [0.1, 0.15) is 5.01 Å². The van der Waals surface area contributed by atoms with Gasteiger partial charge in [0, 0.05) is 17.1 Å². The summed E-state index contributed by atoms with van der Waals surface area (Å²) in [5.41, 5.74) is 0.717. The van der Waals surface area contributed by atoms with Crippen molar-refractivity contribution in [1.29, 1.82) is 0 Å². The van der Waals surface area contributed by atoms with E-state index in [9.17, 15) is 17.8 Å². The van der Waals surface area contributed by atoms with Crippen LogP contribution in [-0.4, -0.2) is 55.4 Å². The molecule has 0 spiro atoms. The molecule has 2 rings (SSSR count). The highest BCUT2D eigenvalue weighted by Gasteiger charge is 2.23. The van der Waals surface area contributed by atoms with Gasteiger partial charge in [-0.05, 0) is 19.1 Å². The molecule has 1 heterocycles. The third-order valence-corrected chi connectivity index (χ3v) is 5.34. The lowest BCUT2D eigenvalue weighted by Gasteiger charge is -2.17. The molecule has 0 amide bonds. The number of esters is 1. The second-order valence-corrected chi connectivity index (χ2v) is 7.66. The van der Waals surface area contributed by atoms with Crippen LogP contribution in [0.25, 0.3) is 10.6 Å². The summed E-state index contributed by atoms with van der Waals surface area (Å²) >= 11 is 6.84. The van der Waals surface area contributed by atoms with E-state index >= 15 is 0 Å². The smallest absolute Gasteiger partial charge is 0.361 e. The molecule has 0 aliphatic heterocycles. The van der Waals surface area contributed by atoms with E-state index in [0.29, 0.717) is 19.9 Å². The Kier molecular flexibility index (Phi) is 7.29. The third-order valence-electron chi connectivity index (χ3n) is 3.06. The second-order valence-electron chi connectivity index (χ2n) is 4.93. The Bertz CT molecular complexity index is 841. The van der Waals surface area contributed by atoms with E-state index in [1.807, 2.05) is 0 Å². The molecule has 0 saturated carbocycles. The zero-order chi connectivity index (χ0) is 19.2. The minimum atomic E-state index is -4.54. The van der Waals surface area contributed by atoms with Crippen molar-refractivity contribution >= 4 is 44.3 Å². The lowest BCUT2D eigenvalue weighted by Crippen LogP contribution is -2.38. The van der Waals surface area contributed by atoms with Crippen LogP contribution >= 0.6 is 22.9 Å². The molecular weight excluding hydrogens is 404 g/mol. The van der Waals surface area contributed by atoms with Crippen LogP contribution in [0.4, 0.5) is 5.13 Å². The van der Waals surface area contributed by atoms with Gasteiger partial charge in [-0.2, -0.15) is 8.42 Å². The van der Waals surface area contributed by atoms with E-state index in [1.165, 1.54) is 0 Å². The van der Waals surface area contributed by atoms with Crippen LogP contribution in [0.15, 0.2) is 24.3 Å². The Hall–Kier alpha value is -1.79. The van der Waals surface area contributed by atoms with Crippen LogP contribution in [0.1, 0.15) is 6.92 Å². The van der Waals surface area contributed by atoms with Gasteiger partial charge >= 0.3 is 16.3 Å². The van der Waals surface area contributed by atoms with Crippen molar-refractivity contribution < 1.29 is 22.5 Å². The summed E-state index contributed by atoms with van der Waals surface area (Å²) in [6.07, 6.45) is 0. The number of nitrogens with one attached hydrogen (secondary N) is 1. The van der Waals surface area contributed by atoms with E-state index in [-0.39, 0.29) is 31.4 Å². The van der Waals surface area contributed by atoms with E-state index in [0.717, 1.165) is 11.3 Å². The number of anilines is 1. The van der Waals surface area contributed by atoms with Gasteiger partial charge in [0.15, 0.2) is 0 Å². The van der Waals surface area contributed by atoms with Gasteiger partial charge in [0.2, 0.25) is 5.13 Å². The SMILES string of the molecule is CCOC(=O)CNCCN(c1nnc(-c2ccc(Cl)cc2)s1)S(=O)(=O)O. The van der Waals surface area contributed by atoms with Gasteiger partial charge in [0.05, 0.1) is 19.7 Å².